The van der Waals surface area contributed by atoms with Crippen molar-refractivity contribution in [2.75, 3.05) is 26.4 Å². The molecule has 0 aromatic carbocycles. The number of fused-ring (bicyclic) bond motifs is 3. The van der Waals surface area contributed by atoms with E-state index in [-0.39, 0.29) is 42.0 Å². The SMILES string of the molecule is CC(C)n1c(=O)c(C(=O)NC2CC3CCC(C2)N3C[C@H](O)CN(C)S(C)(=O)=O)c(O)c2cccn21. The largest absolute Gasteiger partial charge is 0.505 e. The molecule has 0 radical (unpaired) electrons. The van der Waals surface area contributed by atoms with Gasteiger partial charge in [0.2, 0.25) is 10.0 Å². The number of nitrogens with zero attached hydrogens (tertiary/aromatic N) is 4. The molecule has 2 fully saturated rings. The number of hydrogen-bond donors (Lipinski definition) is 3. The van der Waals surface area contributed by atoms with Gasteiger partial charge in [0.25, 0.3) is 11.5 Å². The van der Waals surface area contributed by atoms with Crippen molar-refractivity contribution in [1.82, 2.24) is 23.7 Å². The van der Waals surface area contributed by atoms with Crippen LogP contribution in [0.4, 0.5) is 0 Å². The maximum atomic E-state index is 13.2. The van der Waals surface area contributed by atoms with Crippen LogP contribution in [0.3, 0.4) is 0 Å². The van der Waals surface area contributed by atoms with E-state index in [0.29, 0.717) is 24.9 Å². The van der Waals surface area contributed by atoms with Gasteiger partial charge >= 0.3 is 0 Å². The molecule has 2 aromatic rings. The van der Waals surface area contributed by atoms with Crippen molar-refractivity contribution >= 4 is 21.4 Å². The first-order valence-electron chi connectivity index (χ1n) is 12.0. The molecule has 2 aliphatic rings. The molecule has 2 bridgehead atoms. The highest BCUT2D eigenvalue weighted by atomic mass is 32.2. The van der Waals surface area contributed by atoms with Gasteiger partial charge in [-0.15, -0.1) is 0 Å². The molecule has 2 saturated heterocycles. The normalized spacial score (nSPS) is 23.9. The van der Waals surface area contributed by atoms with Crippen LogP contribution >= 0.6 is 0 Å². The second-order valence-corrected chi connectivity index (χ2v) is 12.2. The number of rotatable bonds is 8. The quantitative estimate of drug-likeness (QED) is 0.468. The number of hydrogen-bond acceptors (Lipinski definition) is 7. The maximum absolute atomic E-state index is 13.2. The minimum absolute atomic E-state index is 0.0263. The van der Waals surface area contributed by atoms with Crippen LogP contribution in [-0.4, -0.2) is 93.6 Å². The fourth-order valence-corrected chi connectivity index (χ4v) is 6.00. The Morgan fingerprint density at radius 3 is 2.46 bits per heavy atom. The molecule has 2 unspecified atom stereocenters. The van der Waals surface area contributed by atoms with Gasteiger partial charge < -0.3 is 15.5 Å². The van der Waals surface area contributed by atoms with E-state index >= 15 is 0 Å². The molecular weight excluding hydrogens is 474 g/mol. The van der Waals surface area contributed by atoms with Gasteiger partial charge in [0, 0.05) is 50.5 Å². The van der Waals surface area contributed by atoms with E-state index in [4.69, 9.17) is 0 Å². The second kappa shape index (κ2) is 9.57. The standard InChI is InChI=1S/C23H35N5O6S/c1-14(2)28-23(32)20(21(30)19-6-5-9-27(19)28)22(31)24-15-10-16-7-8-17(11-15)26(16)13-18(29)12-25(3)35(4,33)34/h5-6,9,14-18,29-30H,7-8,10-13H2,1-4H3,(H,24,31)/t15?,16?,17?,18-/m1/s1. The smallest absolute Gasteiger partial charge is 0.282 e. The lowest BCUT2D eigenvalue weighted by Crippen LogP contribution is -2.53. The Labute approximate surface area is 205 Å². The van der Waals surface area contributed by atoms with Crippen LogP contribution in [0.15, 0.2) is 23.1 Å². The lowest BCUT2D eigenvalue weighted by Gasteiger charge is -2.40. The Hall–Kier alpha value is -2.41. The zero-order valence-electron chi connectivity index (χ0n) is 20.6. The summed E-state index contributed by atoms with van der Waals surface area (Å²) in [6, 6.07) is 3.29. The number of aromatic hydroxyl groups is 1. The van der Waals surface area contributed by atoms with Gasteiger partial charge in [0.1, 0.15) is 11.1 Å². The Kier molecular flexibility index (Phi) is 7.02. The zero-order chi connectivity index (χ0) is 25.7. The molecule has 1 amide bonds. The number of sulfonamides is 1. The topological polar surface area (TPSA) is 137 Å². The summed E-state index contributed by atoms with van der Waals surface area (Å²) in [5.74, 6) is -0.911. The molecule has 0 aliphatic carbocycles. The van der Waals surface area contributed by atoms with Gasteiger partial charge in [-0.2, -0.15) is 0 Å². The number of aliphatic hydroxyl groups excluding tert-OH is 1. The molecule has 3 atom stereocenters. The predicted octanol–water partition coefficient (Wildman–Crippen LogP) is 0.365. The summed E-state index contributed by atoms with van der Waals surface area (Å²) < 4.78 is 27.4. The van der Waals surface area contributed by atoms with Gasteiger partial charge in [0.15, 0.2) is 5.75 Å². The monoisotopic (exact) mass is 509 g/mol. The van der Waals surface area contributed by atoms with E-state index in [2.05, 4.69) is 10.2 Å². The third-order valence-electron chi connectivity index (χ3n) is 7.25. The second-order valence-electron chi connectivity index (χ2n) is 10.1. The molecule has 12 heteroatoms. The molecule has 194 valence electrons. The number of amides is 1. The Morgan fingerprint density at radius 1 is 1.26 bits per heavy atom. The molecule has 0 saturated carbocycles. The van der Waals surface area contributed by atoms with Crippen LogP contribution in [0, 0.1) is 0 Å². The first-order valence-corrected chi connectivity index (χ1v) is 13.8. The summed E-state index contributed by atoms with van der Waals surface area (Å²) in [6.07, 6.45) is 5.13. The average Bonchev–Trinajstić information content (AvgIpc) is 3.29. The van der Waals surface area contributed by atoms with Gasteiger partial charge in [-0.05, 0) is 51.7 Å². The number of nitrogens with one attached hydrogen (secondary N) is 1. The highest BCUT2D eigenvalue weighted by Gasteiger charge is 2.42. The Balaban J connectivity index is 1.46. The fourth-order valence-electron chi connectivity index (χ4n) is 5.56. The van der Waals surface area contributed by atoms with Crippen LogP contribution in [-0.2, 0) is 10.0 Å². The van der Waals surface area contributed by atoms with Crippen molar-refractivity contribution in [3.8, 4) is 5.75 Å². The van der Waals surface area contributed by atoms with Crippen molar-refractivity contribution < 1.29 is 23.4 Å². The molecule has 0 spiro atoms. The van der Waals surface area contributed by atoms with E-state index in [1.165, 1.54) is 11.7 Å². The summed E-state index contributed by atoms with van der Waals surface area (Å²) in [6.45, 7) is 4.07. The third-order valence-corrected chi connectivity index (χ3v) is 8.53. The summed E-state index contributed by atoms with van der Waals surface area (Å²) in [5.41, 5.74) is -0.400. The molecule has 35 heavy (non-hydrogen) atoms. The summed E-state index contributed by atoms with van der Waals surface area (Å²) >= 11 is 0. The number of likely N-dealkylation sites (N-methyl/N-ethyl adjacent to an activating group) is 1. The van der Waals surface area contributed by atoms with Crippen LogP contribution in [0.2, 0.25) is 0 Å². The Morgan fingerprint density at radius 2 is 1.89 bits per heavy atom. The van der Waals surface area contributed by atoms with E-state index in [1.54, 1.807) is 22.8 Å². The molecule has 2 aliphatic heterocycles. The Bertz CT molecular complexity index is 1260. The zero-order valence-corrected chi connectivity index (χ0v) is 21.4. The maximum Gasteiger partial charge on any atom is 0.282 e. The van der Waals surface area contributed by atoms with E-state index in [1.807, 2.05) is 13.8 Å². The van der Waals surface area contributed by atoms with Gasteiger partial charge in [-0.1, -0.05) is 0 Å². The summed E-state index contributed by atoms with van der Waals surface area (Å²) in [4.78, 5) is 28.5. The lowest BCUT2D eigenvalue weighted by molar-refractivity contribution is 0.0448. The minimum Gasteiger partial charge on any atom is -0.505 e. The van der Waals surface area contributed by atoms with Crippen molar-refractivity contribution in [3.63, 3.8) is 0 Å². The summed E-state index contributed by atoms with van der Waals surface area (Å²) in [5, 5.41) is 24.2. The number of piperidine rings is 1. The molecule has 11 nitrogen and oxygen atoms in total. The molecule has 4 heterocycles. The van der Waals surface area contributed by atoms with Crippen LogP contribution in [0.1, 0.15) is 55.9 Å². The first kappa shape index (κ1) is 25.7. The average molecular weight is 510 g/mol. The minimum atomic E-state index is -3.37. The van der Waals surface area contributed by atoms with Gasteiger partial charge in [0.05, 0.1) is 12.4 Å². The van der Waals surface area contributed by atoms with Crippen molar-refractivity contribution in [2.24, 2.45) is 0 Å². The summed E-state index contributed by atoms with van der Waals surface area (Å²) in [7, 11) is -1.92. The van der Waals surface area contributed by atoms with Crippen molar-refractivity contribution in [1.29, 1.82) is 0 Å². The molecular formula is C23H35N5O6S. The van der Waals surface area contributed by atoms with Gasteiger partial charge in [-0.3, -0.25) is 19.0 Å². The number of aliphatic hydroxyl groups is 1. The van der Waals surface area contributed by atoms with Crippen molar-refractivity contribution in [2.45, 2.75) is 69.8 Å². The van der Waals surface area contributed by atoms with Crippen molar-refractivity contribution in [3.05, 3.63) is 34.2 Å². The molecule has 2 aromatic heterocycles. The van der Waals surface area contributed by atoms with E-state index in [0.717, 1.165) is 23.4 Å². The number of aromatic nitrogens is 2. The highest BCUT2D eigenvalue weighted by Crippen LogP contribution is 2.36. The third kappa shape index (κ3) is 4.97. The van der Waals surface area contributed by atoms with E-state index in [9.17, 15) is 28.2 Å². The van der Waals surface area contributed by atoms with Crippen LogP contribution in [0.5, 0.6) is 5.75 Å². The molecule has 4 rings (SSSR count). The van der Waals surface area contributed by atoms with E-state index < -0.39 is 27.6 Å². The first-order chi connectivity index (χ1) is 16.4. The fraction of sp³-hybridized carbons (Fsp3) is 0.652. The highest BCUT2D eigenvalue weighted by molar-refractivity contribution is 7.88. The number of carbonyl (C=O) groups is 1. The number of carbonyl (C=O) groups excluding carboxylic acids is 1. The lowest BCUT2D eigenvalue weighted by atomic mass is 9.96. The predicted molar refractivity (Wildman–Crippen MR) is 131 cm³/mol. The van der Waals surface area contributed by atoms with Gasteiger partial charge in [-0.25, -0.2) is 17.4 Å². The van der Waals surface area contributed by atoms with Crippen LogP contribution < -0.4 is 10.9 Å². The molecule has 3 N–H and O–H groups in total. The van der Waals surface area contributed by atoms with Crippen LogP contribution in [0.25, 0.3) is 5.52 Å².